The summed E-state index contributed by atoms with van der Waals surface area (Å²) in [6, 6.07) is 7.21. The van der Waals surface area contributed by atoms with Crippen LogP contribution in [0.5, 0.6) is 5.75 Å². The van der Waals surface area contributed by atoms with Crippen LogP contribution in [0.25, 0.3) is 0 Å². The molecular weight excluding hydrogens is 361 g/mol. The molecule has 1 aliphatic rings. The molecule has 0 saturated carbocycles. The summed E-state index contributed by atoms with van der Waals surface area (Å²) in [5, 5.41) is 4.33. The number of nitrogens with one attached hydrogen (secondary N) is 1. The first-order valence-corrected chi connectivity index (χ1v) is 9.02. The first-order chi connectivity index (χ1) is 12.1. The first kappa shape index (κ1) is 18.0. The van der Waals surface area contributed by atoms with Gasteiger partial charge in [-0.05, 0) is 31.0 Å². The zero-order valence-corrected chi connectivity index (χ0v) is 15.3. The molecule has 3 N–H and O–H groups in total. The monoisotopic (exact) mass is 381 g/mol. The number of likely N-dealkylation sites (tertiary alicyclic amines) is 1. The number of rotatable bonds is 6. The zero-order chi connectivity index (χ0) is 17.6. The maximum atomic E-state index is 6.03. The van der Waals surface area contributed by atoms with E-state index < -0.39 is 0 Å². The van der Waals surface area contributed by atoms with Crippen molar-refractivity contribution in [2.24, 2.45) is 0 Å². The van der Waals surface area contributed by atoms with Gasteiger partial charge in [-0.1, -0.05) is 23.2 Å². The Morgan fingerprint density at radius 2 is 2.00 bits per heavy atom. The molecule has 1 aromatic carbocycles. The molecule has 0 aliphatic carbocycles. The molecule has 1 saturated heterocycles. The molecule has 2 aromatic rings. The van der Waals surface area contributed by atoms with Crippen molar-refractivity contribution in [3.8, 4) is 5.75 Å². The molecule has 0 bridgehead atoms. The van der Waals surface area contributed by atoms with Gasteiger partial charge in [-0.25, -0.2) is 4.98 Å². The second-order valence-electron chi connectivity index (χ2n) is 5.96. The van der Waals surface area contributed by atoms with Crippen molar-refractivity contribution in [3.05, 3.63) is 40.5 Å². The average Bonchev–Trinajstić information content (AvgIpc) is 2.60. The number of aromatic nitrogens is 2. The molecule has 0 radical (unpaired) electrons. The second kappa shape index (κ2) is 8.56. The van der Waals surface area contributed by atoms with Gasteiger partial charge in [0.1, 0.15) is 17.7 Å². The minimum atomic E-state index is 0.211. The van der Waals surface area contributed by atoms with E-state index in [1.54, 1.807) is 18.3 Å². The van der Waals surface area contributed by atoms with Crippen LogP contribution < -0.4 is 15.8 Å². The van der Waals surface area contributed by atoms with E-state index in [1.807, 2.05) is 12.1 Å². The van der Waals surface area contributed by atoms with Crippen molar-refractivity contribution in [2.45, 2.75) is 18.9 Å². The average molecular weight is 382 g/mol. The minimum Gasteiger partial charge on any atom is -0.490 e. The number of piperidine rings is 1. The van der Waals surface area contributed by atoms with Crippen LogP contribution in [0.3, 0.4) is 0 Å². The Hall–Kier alpha value is -1.76. The molecule has 0 unspecified atom stereocenters. The minimum absolute atomic E-state index is 0.211. The van der Waals surface area contributed by atoms with Gasteiger partial charge in [0.2, 0.25) is 5.95 Å². The van der Waals surface area contributed by atoms with Crippen LogP contribution in [0.4, 0.5) is 11.8 Å². The smallest absolute Gasteiger partial charge is 0.221 e. The fraction of sp³-hybridized carbons (Fsp3) is 0.412. The van der Waals surface area contributed by atoms with E-state index >= 15 is 0 Å². The summed E-state index contributed by atoms with van der Waals surface area (Å²) in [5.74, 6) is 1.81. The van der Waals surface area contributed by atoms with Crippen molar-refractivity contribution in [2.75, 3.05) is 37.2 Å². The quantitative estimate of drug-likeness (QED) is 0.798. The van der Waals surface area contributed by atoms with E-state index in [9.17, 15) is 0 Å². The van der Waals surface area contributed by atoms with Crippen molar-refractivity contribution >= 4 is 35.0 Å². The standard InChI is InChI=1S/C17H21Cl2N5O/c18-14-2-1-13(11-15(14)19)25-12-4-8-24(9-5-12)10-7-21-16-3-6-22-17(20)23-16/h1-3,6,11-12H,4-5,7-10H2,(H3,20,21,22,23). The molecule has 6 nitrogen and oxygen atoms in total. The van der Waals surface area contributed by atoms with Crippen LogP contribution in [0.15, 0.2) is 30.5 Å². The lowest BCUT2D eigenvalue weighted by atomic mass is 10.1. The fourth-order valence-electron chi connectivity index (χ4n) is 2.81. The lowest BCUT2D eigenvalue weighted by Gasteiger charge is -2.32. The largest absolute Gasteiger partial charge is 0.490 e. The van der Waals surface area contributed by atoms with Crippen LogP contribution >= 0.6 is 23.2 Å². The maximum Gasteiger partial charge on any atom is 0.221 e. The third kappa shape index (κ3) is 5.36. The molecule has 1 aromatic heterocycles. The third-order valence-electron chi connectivity index (χ3n) is 4.14. The number of anilines is 2. The highest BCUT2D eigenvalue weighted by molar-refractivity contribution is 6.42. The van der Waals surface area contributed by atoms with Gasteiger partial charge in [0.25, 0.3) is 0 Å². The molecule has 2 heterocycles. The van der Waals surface area contributed by atoms with E-state index in [4.69, 9.17) is 33.7 Å². The number of nitrogens with zero attached hydrogens (tertiary/aromatic N) is 3. The third-order valence-corrected chi connectivity index (χ3v) is 4.88. The van der Waals surface area contributed by atoms with Crippen LogP contribution in [0.2, 0.25) is 10.0 Å². The molecule has 0 amide bonds. The van der Waals surface area contributed by atoms with E-state index in [1.165, 1.54) is 0 Å². The van der Waals surface area contributed by atoms with Crippen LogP contribution in [-0.2, 0) is 0 Å². The van der Waals surface area contributed by atoms with Crippen molar-refractivity contribution in [3.63, 3.8) is 0 Å². The Labute approximate surface area is 157 Å². The summed E-state index contributed by atoms with van der Waals surface area (Å²) in [5.41, 5.74) is 5.57. The summed E-state index contributed by atoms with van der Waals surface area (Å²) in [6.07, 6.45) is 3.83. The number of benzene rings is 1. The molecule has 25 heavy (non-hydrogen) atoms. The van der Waals surface area contributed by atoms with E-state index in [-0.39, 0.29) is 12.1 Å². The summed E-state index contributed by atoms with van der Waals surface area (Å²) in [4.78, 5) is 10.4. The van der Waals surface area contributed by atoms with Gasteiger partial charge < -0.3 is 20.7 Å². The highest BCUT2D eigenvalue weighted by Gasteiger charge is 2.20. The Kier molecular flexibility index (Phi) is 6.18. The van der Waals surface area contributed by atoms with Crippen LogP contribution in [-0.4, -0.2) is 47.2 Å². The molecule has 0 atom stereocenters. The molecule has 3 rings (SSSR count). The SMILES string of the molecule is Nc1nccc(NCCN2CCC(Oc3ccc(Cl)c(Cl)c3)CC2)n1. The summed E-state index contributed by atoms with van der Waals surface area (Å²) in [7, 11) is 0. The summed E-state index contributed by atoms with van der Waals surface area (Å²) in [6.45, 7) is 3.76. The molecule has 134 valence electrons. The number of nitrogens with two attached hydrogens (primary N) is 1. The van der Waals surface area contributed by atoms with Gasteiger partial charge in [-0.15, -0.1) is 0 Å². The highest BCUT2D eigenvalue weighted by Crippen LogP contribution is 2.28. The van der Waals surface area contributed by atoms with Gasteiger partial charge in [0.05, 0.1) is 10.0 Å². The van der Waals surface area contributed by atoms with Gasteiger partial charge >= 0.3 is 0 Å². The summed E-state index contributed by atoms with van der Waals surface area (Å²) < 4.78 is 6.01. The maximum absolute atomic E-state index is 6.03. The second-order valence-corrected chi connectivity index (χ2v) is 6.78. The number of nitrogen functional groups attached to an aromatic ring is 1. The Morgan fingerprint density at radius 1 is 1.20 bits per heavy atom. The van der Waals surface area contributed by atoms with Gasteiger partial charge in [0.15, 0.2) is 0 Å². The predicted molar refractivity (Wildman–Crippen MR) is 101 cm³/mol. The molecule has 1 aliphatic heterocycles. The van der Waals surface area contributed by atoms with Crippen LogP contribution in [0, 0.1) is 0 Å². The topological polar surface area (TPSA) is 76.3 Å². The lowest BCUT2D eigenvalue weighted by molar-refractivity contribution is 0.103. The van der Waals surface area contributed by atoms with Gasteiger partial charge in [0, 0.05) is 38.4 Å². The van der Waals surface area contributed by atoms with Crippen molar-refractivity contribution < 1.29 is 4.74 Å². The number of hydrogen-bond acceptors (Lipinski definition) is 6. The molecule has 1 fully saturated rings. The lowest BCUT2D eigenvalue weighted by Crippen LogP contribution is -2.40. The highest BCUT2D eigenvalue weighted by atomic mass is 35.5. The summed E-state index contributed by atoms with van der Waals surface area (Å²) >= 11 is 12.0. The van der Waals surface area contributed by atoms with Gasteiger partial charge in [-0.2, -0.15) is 4.98 Å². The van der Waals surface area contributed by atoms with Crippen LogP contribution in [0.1, 0.15) is 12.8 Å². The predicted octanol–water partition coefficient (Wildman–Crippen LogP) is 3.32. The van der Waals surface area contributed by atoms with Gasteiger partial charge in [-0.3, -0.25) is 0 Å². The van der Waals surface area contributed by atoms with E-state index in [2.05, 4.69) is 20.2 Å². The number of halogens is 2. The van der Waals surface area contributed by atoms with E-state index in [0.29, 0.717) is 10.0 Å². The zero-order valence-electron chi connectivity index (χ0n) is 13.8. The Bertz CT molecular complexity index is 707. The number of hydrogen-bond donors (Lipinski definition) is 2. The molecular formula is C17H21Cl2N5O. The first-order valence-electron chi connectivity index (χ1n) is 8.26. The molecule has 0 spiro atoms. The Balaban J connectivity index is 1.39. The normalized spacial score (nSPS) is 15.9. The van der Waals surface area contributed by atoms with Crippen molar-refractivity contribution in [1.29, 1.82) is 0 Å². The van der Waals surface area contributed by atoms with Crippen molar-refractivity contribution in [1.82, 2.24) is 14.9 Å². The Morgan fingerprint density at radius 3 is 2.72 bits per heavy atom. The fourth-order valence-corrected chi connectivity index (χ4v) is 3.10. The number of ether oxygens (including phenoxy) is 1. The van der Waals surface area contributed by atoms with E-state index in [0.717, 1.165) is 50.6 Å². The molecule has 8 heteroatoms.